The molecule has 224 valence electrons. The zero-order chi connectivity index (χ0) is 29.8. The number of carbonyl (C=O) groups is 2. The Balaban J connectivity index is 2.45. The molecule has 0 amide bonds. The summed E-state index contributed by atoms with van der Waals surface area (Å²) in [6, 6.07) is 9.27. The van der Waals surface area contributed by atoms with Crippen molar-refractivity contribution in [2.45, 2.75) is 84.0 Å². The summed E-state index contributed by atoms with van der Waals surface area (Å²) in [5, 5.41) is 18.6. The second-order valence-corrected chi connectivity index (χ2v) is 18.1. The molecule has 0 saturated heterocycles. The van der Waals surface area contributed by atoms with Gasteiger partial charge in [0.15, 0.2) is 0 Å². The first-order valence-corrected chi connectivity index (χ1v) is 18.6. The van der Waals surface area contributed by atoms with Gasteiger partial charge < -0.3 is 0 Å². The van der Waals surface area contributed by atoms with Gasteiger partial charge in [0.1, 0.15) is 0 Å². The van der Waals surface area contributed by atoms with Gasteiger partial charge >= 0.3 is 240 Å². The van der Waals surface area contributed by atoms with Gasteiger partial charge in [-0.05, 0) is 0 Å². The summed E-state index contributed by atoms with van der Waals surface area (Å²) in [5.41, 5.74) is -0.459. The van der Waals surface area contributed by atoms with Crippen LogP contribution in [0.1, 0.15) is 99.8 Å². The summed E-state index contributed by atoms with van der Waals surface area (Å²) in [5.74, 6) is -2.31. The Hall–Kier alpha value is -2.48. The molecule has 0 unspecified atom stereocenters. The first-order chi connectivity index (χ1) is 18.9. The maximum absolute atomic E-state index is 13.9. The Morgan fingerprint density at radius 1 is 0.675 bits per heavy atom. The van der Waals surface area contributed by atoms with Gasteiger partial charge in [0.25, 0.3) is 0 Å². The summed E-state index contributed by atoms with van der Waals surface area (Å²) >= 11 is 0. The summed E-state index contributed by atoms with van der Waals surface area (Å²) in [6.45, 7) is 5.42. The van der Waals surface area contributed by atoms with Crippen LogP contribution in [0.5, 0.6) is 11.5 Å². The summed E-state index contributed by atoms with van der Waals surface area (Å²) in [4.78, 5) is 22.9. The van der Waals surface area contributed by atoms with Crippen molar-refractivity contribution >= 4 is 28.9 Å². The molecule has 0 spiro atoms. The van der Waals surface area contributed by atoms with Crippen molar-refractivity contribution in [3.63, 3.8) is 0 Å². The summed E-state index contributed by atoms with van der Waals surface area (Å²) < 4.78 is 40.0. The standard InChI is InChI=1S/C30H45O8PS/c1-5-9-17-39(18-10-6-2,19-11-7-3,20-12-8-4)38-40(35,36)28-15-13-26(14-16-28)37-27-22-24(29(31)32)21-25(23-27)30(33)34/h13-16,21-23H,5-12,17-20H2,1-4H3,(H,31,32)(H,33,34). The molecule has 40 heavy (non-hydrogen) atoms. The first-order valence-electron chi connectivity index (χ1n) is 14.3. The molecule has 0 aliphatic carbocycles. The first kappa shape index (κ1) is 33.7. The topological polar surface area (TPSA) is 127 Å². The minimum atomic E-state index is -4.08. The zero-order valence-electron chi connectivity index (χ0n) is 24.2. The Morgan fingerprint density at radius 2 is 1.07 bits per heavy atom. The molecular formula is C30H45O8PS. The fraction of sp³-hybridized carbons (Fsp3) is 0.533. The number of aromatic carboxylic acids is 2. The molecular weight excluding hydrogens is 551 g/mol. The van der Waals surface area contributed by atoms with E-state index in [0.717, 1.165) is 82.1 Å². The molecule has 2 rings (SSSR count). The van der Waals surface area contributed by atoms with E-state index in [1.165, 1.54) is 36.4 Å². The minimum absolute atomic E-state index is 0.0207. The average molecular weight is 597 g/mol. The third-order valence-corrected chi connectivity index (χ3v) is 16.5. The fourth-order valence-electron chi connectivity index (χ4n) is 5.09. The normalized spacial score (nSPS) is 12.9. The van der Waals surface area contributed by atoms with Crippen LogP contribution in [0.4, 0.5) is 0 Å². The molecule has 0 heterocycles. The van der Waals surface area contributed by atoms with E-state index in [0.29, 0.717) is 0 Å². The predicted octanol–water partition coefficient (Wildman–Crippen LogP) is 8.25. The predicted molar refractivity (Wildman–Crippen MR) is 161 cm³/mol. The van der Waals surface area contributed by atoms with Crippen LogP contribution in [0, 0.1) is 0 Å². The van der Waals surface area contributed by atoms with Gasteiger partial charge in [0.2, 0.25) is 0 Å². The van der Waals surface area contributed by atoms with Crippen LogP contribution in [-0.4, -0.2) is 55.2 Å². The SMILES string of the molecule is CCCCP(CCCC)(CCCC)(CCCC)OS(=O)(=O)c1ccc(Oc2cc(C(=O)O)cc(C(=O)O)c2)cc1. The van der Waals surface area contributed by atoms with Gasteiger partial charge in [0, 0.05) is 0 Å². The monoisotopic (exact) mass is 596 g/mol. The van der Waals surface area contributed by atoms with Gasteiger partial charge in [0.05, 0.1) is 0 Å². The molecule has 0 atom stereocenters. The second kappa shape index (κ2) is 14.9. The quantitative estimate of drug-likeness (QED) is 0.155. The molecule has 0 aliphatic rings. The molecule has 2 aromatic rings. The van der Waals surface area contributed by atoms with Gasteiger partial charge in [-0.25, -0.2) is 0 Å². The van der Waals surface area contributed by atoms with Crippen molar-refractivity contribution in [1.82, 2.24) is 0 Å². The van der Waals surface area contributed by atoms with E-state index < -0.39 is 28.9 Å². The Labute approximate surface area is 239 Å². The Bertz CT molecular complexity index is 1170. The van der Waals surface area contributed by atoms with Crippen LogP contribution in [0.3, 0.4) is 0 Å². The third-order valence-electron chi connectivity index (χ3n) is 7.37. The molecule has 8 nitrogen and oxygen atoms in total. The van der Waals surface area contributed by atoms with E-state index in [2.05, 4.69) is 27.7 Å². The number of hydrogen-bond donors (Lipinski definition) is 2. The molecule has 0 aromatic heterocycles. The molecule has 0 radical (unpaired) electrons. The Kier molecular flexibility index (Phi) is 12.6. The van der Waals surface area contributed by atoms with E-state index in [1.54, 1.807) is 0 Å². The van der Waals surface area contributed by atoms with Crippen LogP contribution in [0.25, 0.3) is 0 Å². The Morgan fingerprint density at radius 3 is 1.43 bits per heavy atom. The van der Waals surface area contributed by atoms with Crippen LogP contribution in [0.2, 0.25) is 0 Å². The van der Waals surface area contributed by atoms with Gasteiger partial charge in [-0.3, -0.25) is 0 Å². The number of carboxylic acids is 2. The van der Waals surface area contributed by atoms with Crippen LogP contribution in [0.15, 0.2) is 47.4 Å². The molecule has 0 fully saturated rings. The van der Waals surface area contributed by atoms with Crippen molar-refractivity contribution in [1.29, 1.82) is 0 Å². The summed E-state index contributed by atoms with van der Waals surface area (Å²) in [6.07, 6.45) is 10.9. The molecule has 0 saturated carbocycles. The van der Waals surface area contributed by atoms with Crippen LogP contribution in [-0.2, 0) is 14.1 Å². The number of unbranched alkanes of at least 4 members (excludes halogenated alkanes) is 4. The van der Waals surface area contributed by atoms with Crippen LogP contribution >= 0.6 is 6.83 Å². The summed E-state index contributed by atoms with van der Waals surface area (Å²) in [7, 11) is -4.08. The number of hydrogen-bond acceptors (Lipinski definition) is 6. The van der Waals surface area contributed by atoms with Crippen molar-refractivity contribution in [2.24, 2.45) is 0 Å². The van der Waals surface area contributed by atoms with E-state index in [4.69, 9.17) is 8.71 Å². The van der Waals surface area contributed by atoms with Crippen LogP contribution < -0.4 is 4.74 Å². The molecule has 2 aromatic carbocycles. The van der Waals surface area contributed by atoms with Gasteiger partial charge in [-0.1, -0.05) is 0 Å². The molecule has 0 bridgehead atoms. The number of rotatable bonds is 19. The fourth-order valence-corrected chi connectivity index (χ4v) is 15.1. The van der Waals surface area contributed by atoms with Crippen molar-refractivity contribution in [3.8, 4) is 11.5 Å². The van der Waals surface area contributed by atoms with Gasteiger partial charge in [-0.2, -0.15) is 0 Å². The van der Waals surface area contributed by atoms with Gasteiger partial charge in [-0.15, -0.1) is 0 Å². The number of benzene rings is 2. The average Bonchev–Trinajstić information content (AvgIpc) is 2.93. The van der Waals surface area contributed by atoms with E-state index in [9.17, 15) is 28.2 Å². The van der Waals surface area contributed by atoms with E-state index in [-0.39, 0.29) is 27.5 Å². The third kappa shape index (κ3) is 9.02. The number of carboxylic acid groups (broad SMARTS) is 2. The van der Waals surface area contributed by atoms with E-state index in [1.807, 2.05) is 0 Å². The number of ether oxygens (including phenoxy) is 1. The molecule has 2 N–H and O–H groups in total. The zero-order valence-corrected chi connectivity index (χ0v) is 25.9. The van der Waals surface area contributed by atoms with E-state index >= 15 is 0 Å². The maximum atomic E-state index is 13.9. The van der Waals surface area contributed by atoms with Crippen molar-refractivity contribution in [2.75, 3.05) is 24.6 Å². The molecule has 10 heteroatoms. The van der Waals surface area contributed by atoms with Crippen molar-refractivity contribution < 1.29 is 36.9 Å². The molecule has 0 aliphatic heterocycles. The van der Waals surface area contributed by atoms with Crippen molar-refractivity contribution in [3.05, 3.63) is 53.6 Å². The second-order valence-electron chi connectivity index (χ2n) is 10.6.